The SMILES string of the molecule is CC/C=C\C/C=C\C/C=C\C/C=C\C/C=C\C/C=C\CCC(=O)OC1CCCc2c(OCC(CN(C(C)=O)C(C)(C)C)OC(=O)COC(C)=O)cccc21. The Kier molecular flexibility index (Phi) is 22.0. The molecule has 1 aromatic rings. The molecule has 0 spiro atoms. The highest BCUT2D eigenvalue weighted by Gasteiger charge is 2.30. The summed E-state index contributed by atoms with van der Waals surface area (Å²) in [6, 6.07) is 5.66. The van der Waals surface area contributed by atoms with Crippen molar-refractivity contribution < 1.29 is 38.1 Å². The predicted octanol–water partition coefficient (Wildman–Crippen LogP) is 9.59. The van der Waals surface area contributed by atoms with Crippen LogP contribution in [-0.4, -0.2) is 60.1 Å². The molecular weight excluding hydrogens is 682 g/mol. The highest BCUT2D eigenvalue weighted by atomic mass is 16.6. The van der Waals surface area contributed by atoms with E-state index in [0.717, 1.165) is 68.9 Å². The lowest BCUT2D eigenvalue weighted by Gasteiger charge is -2.37. The number of hydrogen-bond acceptors (Lipinski definition) is 8. The van der Waals surface area contributed by atoms with E-state index in [1.54, 1.807) is 4.90 Å². The van der Waals surface area contributed by atoms with Gasteiger partial charge in [0.25, 0.3) is 0 Å². The van der Waals surface area contributed by atoms with Crippen molar-refractivity contribution in [1.29, 1.82) is 0 Å². The minimum atomic E-state index is -0.821. The van der Waals surface area contributed by atoms with E-state index >= 15 is 0 Å². The fourth-order valence-corrected chi connectivity index (χ4v) is 5.85. The van der Waals surface area contributed by atoms with Gasteiger partial charge in [-0.05, 0) is 96.6 Å². The van der Waals surface area contributed by atoms with Gasteiger partial charge in [-0.15, -0.1) is 0 Å². The summed E-state index contributed by atoms with van der Waals surface area (Å²) in [5, 5.41) is 0. The van der Waals surface area contributed by atoms with E-state index in [1.165, 1.54) is 13.8 Å². The fourth-order valence-electron chi connectivity index (χ4n) is 5.85. The maximum absolute atomic E-state index is 12.8. The molecule has 2 unspecified atom stereocenters. The third-order valence-corrected chi connectivity index (χ3v) is 8.49. The van der Waals surface area contributed by atoms with Crippen LogP contribution in [0.25, 0.3) is 0 Å². The van der Waals surface area contributed by atoms with Gasteiger partial charge in [-0.3, -0.25) is 14.4 Å². The molecule has 0 aliphatic heterocycles. The number of carbonyl (C=O) groups is 4. The third kappa shape index (κ3) is 19.4. The molecule has 0 saturated carbocycles. The Morgan fingerprint density at radius 3 is 1.93 bits per heavy atom. The van der Waals surface area contributed by atoms with E-state index in [-0.39, 0.29) is 31.1 Å². The van der Waals surface area contributed by atoms with E-state index in [9.17, 15) is 19.2 Å². The van der Waals surface area contributed by atoms with Gasteiger partial charge in [0, 0.05) is 31.4 Å². The van der Waals surface area contributed by atoms with Crippen molar-refractivity contribution in [3.8, 4) is 5.75 Å². The Morgan fingerprint density at radius 2 is 1.39 bits per heavy atom. The summed E-state index contributed by atoms with van der Waals surface area (Å²) in [5.74, 6) is -1.14. The quantitative estimate of drug-likeness (QED) is 0.0619. The Hall–Kier alpha value is -4.66. The average molecular weight is 746 g/mol. The number of hydrogen-bond donors (Lipinski definition) is 0. The first-order valence-corrected chi connectivity index (χ1v) is 19.4. The summed E-state index contributed by atoms with van der Waals surface area (Å²) in [5.41, 5.74) is 1.33. The maximum atomic E-state index is 12.8. The smallest absolute Gasteiger partial charge is 0.344 e. The van der Waals surface area contributed by atoms with Crippen molar-refractivity contribution >= 4 is 23.8 Å². The Morgan fingerprint density at radius 1 is 0.815 bits per heavy atom. The van der Waals surface area contributed by atoms with Crippen LogP contribution in [-0.2, 0) is 39.8 Å². The van der Waals surface area contributed by atoms with E-state index < -0.39 is 30.2 Å². The molecule has 0 N–H and O–H groups in total. The van der Waals surface area contributed by atoms with Gasteiger partial charge in [-0.2, -0.15) is 0 Å². The Balaban J connectivity index is 1.83. The summed E-state index contributed by atoms with van der Waals surface area (Å²) in [6.45, 7) is 10.0. The summed E-state index contributed by atoms with van der Waals surface area (Å²) in [4.78, 5) is 50.6. The molecule has 1 aliphatic carbocycles. The monoisotopic (exact) mass is 745 g/mol. The zero-order valence-electron chi connectivity index (χ0n) is 33.4. The normalized spacial score (nSPS) is 15.4. The van der Waals surface area contributed by atoms with Crippen LogP contribution in [0.4, 0.5) is 0 Å². The third-order valence-electron chi connectivity index (χ3n) is 8.49. The van der Waals surface area contributed by atoms with Gasteiger partial charge < -0.3 is 23.8 Å². The summed E-state index contributed by atoms with van der Waals surface area (Å²) < 4.78 is 22.6. The highest BCUT2D eigenvalue weighted by molar-refractivity contribution is 5.76. The van der Waals surface area contributed by atoms with Crippen LogP contribution in [0.15, 0.2) is 91.1 Å². The number of allylic oxidation sites excluding steroid dienone is 12. The second kappa shape index (κ2) is 26.2. The minimum Gasteiger partial charge on any atom is -0.489 e. The molecule has 1 amide bonds. The molecule has 2 atom stereocenters. The highest BCUT2D eigenvalue weighted by Crippen LogP contribution is 2.37. The molecule has 0 aromatic heterocycles. The first-order chi connectivity index (χ1) is 25.9. The molecule has 0 saturated heterocycles. The first kappa shape index (κ1) is 45.5. The van der Waals surface area contributed by atoms with Gasteiger partial charge in [0.1, 0.15) is 18.5 Å². The number of ether oxygens (including phenoxy) is 4. The van der Waals surface area contributed by atoms with Gasteiger partial charge in [0.2, 0.25) is 5.91 Å². The van der Waals surface area contributed by atoms with Crippen LogP contribution in [0, 0.1) is 0 Å². The van der Waals surface area contributed by atoms with Crippen LogP contribution in [0.5, 0.6) is 5.75 Å². The van der Waals surface area contributed by atoms with Crippen LogP contribution in [0.2, 0.25) is 0 Å². The van der Waals surface area contributed by atoms with E-state index in [0.29, 0.717) is 18.6 Å². The average Bonchev–Trinajstić information content (AvgIpc) is 3.12. The lowest BCUT2D eigenvalue weighted by Crippen LogP contribution is -2.50. The molecule has 1 aliphatic rings. The Labute approximate surface area is 323 Å². The molecular formula is C45H63NO8. The lowest BCUT2D eigenvalue weighted by atomic mass is 9.88. The standard InChI is InChI=1S/C45H63NO8/c1-7-8-9-10-11-12-13-14-15-16-17-18-19-20-21-22-23-24-25-32-43(49)54-42-31-27-28-39-40(42)29-26-30-41(39)52-34-38(53-44(50)35-51-37(3)48)33-46(36(2)47)45(4,5)6/h8-9,11-12,14-15,17-18,20-21,23-24,26,29-30,38,42H,7,10,13,16,19,22,25,27-28,31-35H2,1-6H3/b9-8-,12-11-,15-14-,18-17-,21-20-,24-23-. The van der Waals surface area contributed by atoms with Crippen LogP contribution >= 0.6 is 0 Å². The topological polar surface area (TPSA) is 108 Å². The fraction of sp³-hybridized carbons (Fsp3) is 0.511. The molecule has 9 heteroatoms. The zero-order chi connectivity index (χ0) is 39.6. The zero-order valence-corrected chi connectivity index (χ0v) is 33.4. The largest absolute Gasteiger partial charge is 0.489 e. The summed E-state index contributed by atoms with van der Waals surface area (Å²) in [7, 11) is 0. The van der Waals surface area contributed by atoms with Crippen molar-refractivity contribution in [1.82, 2.24) is 4.90 Å². The van der Waals surface area contributed by atoms with Crippen molar-refractivity contribution in [2.24, 2.45) is 0 Å². The molecule has 296 valence electrons. The number of fused-ring (bicyclic) bond motifs is 1. The number of nitrogens with zero attached hydrogens (tertiary/aromatic N) is 1. The molecule has 2 rings (SSSR count). The summed E-state index contributed by atoms with van der Waals surface area (Å²) >= 11 is 0. The number of rotatable bonds is 23. The number of esters is 3. The maximum Gasteiger partial charge on any atom is 0.344 e. The lowest BCUT2D eigenvalue weighted by molar-refractivity contribution is -0.164. The van der Waals surface area contributed by atoms with Crippen LogP contribution in [0.1, 0.15) is 123 Å². The molecule has 0 radical (unpaired) electrons. The number of carbonyl (C=O) groups excluding carboxylic acids is 4. The second-order valence-electron chi connectivity index (χ2n) is 14.2. The molecule has 0 heterocycles. The molecule has 9 nitrogen and oxygen atoms in total. The molecule has 0 bridgehead atoms. The van der Waals surface area contributed by atoms with Gasteiger partial charge in [0.15, 0.2) is 12.7 Å². The van der Waals surface area contributed by atoms with Gasteiger partial charge in [0.05, 0.1) is 6.54 Å². The van der Waals surface area contributed by atoms with Gasteiger partial charge in [-0.1, -0.05) is 92.0 Å². The minimum absolute atomic E-state index is 0.0292. The van der Waals surface area contributed by atoms with Crippen molar-refractivity contribution in [3.05, 3.63) is 102 Å². The van der Waals surface area contributed by atoms with Crippen LogP contribution < -0.4 is 4.74 Å². The van der Waals surface area contributed by atoms with Crippen LogP contribution in [0.3, 0.4) is 0 Å². The number of benzene rings is 1. The van der Waals surface area contributed by atoms with Crippen molar-refractivity contribution in [2.45, 2.75) is 130 Å². The van der Waals surface area contributed by atoms with Crippen molar-refractivity contribution in [2.75, 3.05) is 19.8 Å². The molecule has 54 heavy (non-hydrogen) atoms. The van der Waals surface area contributed by atoms with E-state index in [4.69, 9.17) is 18.9 Å². The predicted molar refractivity (Wildman–Crippen MR) is 215 cm³/mol. The van der Waals surface area contributed by atoms with Gasteiger partial charge in [-0.25, -0.2) is 4.79 Å². The number of amides is 1. The molecule has 0 fully saturated rings. The van der Waals surface area contributed by atoms with E-state index in [1.807, 2.05) is 45.0 Å². The van der Waals surface area contributed by atoms with E-state index in [2.05, 4.69) is 73.8 Å². The molecule has 1 aromatic carbocycles. The van der Waals surface area contributed by atoms with Crippen molar-refractivity contribution in [3.63, 3.8) is 0 Å². The summed E-state index contributed by atoms with van der Waals surface area (Å²) in [6.07, 6.45) is 33.6. The first-order valence-electron chi connectivity index (χ1n) is 19.4. The second-order valence-corrected chi connectivity index (χ2v) is 14.2. The van der Waals surface area contributed by atoms with Gasteiger partial charge >= 0.3 is 17.9 Å². The Bertz CT molecular complexity index is 1490.